The Labute approximate surface area is 79.6 Å². The topological polar surface area (TPSA) is 37.3 Å². The molecular formula is C11H18O2. The van der Waals surface area contributed by atoms with Crippen LogP contribution in [0.2, 0.25) is 0 Å². The summed E-state index contributed by atoms with van der Waals surface area (Å²) in [6.45, 7) is 2.12. The lowest BCUT2D eigenvalue weighted by Crippen LogP contribution is -2.20. The summed E-state index contributed by atoms with van der Waals surface area (Å²) < 4.78 is 0. The summed E-state index contributed by atoms with van der Waals surface area (Å²) in [6, 6.07) is 0. The van der Waals surface area contributed by atoms with Crippen LogP contribution in [0.15, 0.2) is 12.2 Å². The molecule has 1 aliphatic rings. The van der Waals surface area contributed by atoms with E-state index in [9.17, 15) is 4.79 Å². The van der Waals surface area contributed by atoms with Crippen molar-refractivity contribution in [3.05, 3.63) is 12.2 Å². The average molecular weight is 182 g/mol. The van der Waals surface area contributed by atoms with E-state index in [0.29, 0.717) is 5.92 Å². The Balaban J connectivity index is 2.30. The van der Waals surface area contributed by atoms with Crippen molar-refractivity contribution in [3.63, 3.8) is 0 Å². The molecule has 0 aromatic heterocycles. The minimum absolute atomic E-state index is 0.0775. The van der Waals surface area contributed by atoms with Crippen molar-refractivity contribution in [2.45, 2.75) is 39.0 Å². The van der Waals surface area contributed by atoms with Crippen LogP contribution in [0.25, 0.3) is 0 Å². The standard InChI is InChI=1S/C11H18O2/c1-2-3-4-9-5-7-10(8-6-9)11(12)13/h3-4,9-10H,2,5-8H2,1H3,(H,12,13)/t9-,10-. The van der Waals surface area contributed by atoms with Gasteiger partial charge in [0.05, 0.1) is 5.92 Å². The molecule has 2 heteroatoms. The van der Waals surface area contributed by atoms with E-state index in [1.807, 2.05) is 0 Å². The van der Waals surface area contributed by atoms with Crippen LogP contribution in [0.1, 0.15) is 39.0 Å². The molecule has 0 saturated heterocycles. The van der Waals surface area contributed by atoms with Gasteiger partial charge in [-0.15, -0.1) is 0 Å². The Morgan fingerprint density at radius 3 is 2.46 bits per heavy atom. The van der Waals surface area contributed by atoms with Crippen LogP contribution >= 0.6 is 0 Å². The molecule has 0 bridgehead atoms. The summed E-state index contributed by atoms with van der Waals surface area (Å²) in [6.07, 6.45) is 9.33. The van der Waals surface area contributed by atoms with Gasteiger partial charge in [0.15, 0.2) is 0 Å². The Morgan fingerprint density at radius 1 is 1.38 bits per heavy atom. The van der Waals surface area contributed by atoms with E-state index in [0.717, 1.165) is 32.1 Å². The molecule has 74 valence electrons. The normalized spacial score (nSPS) is 29.3. The molecule has 0 heterocycles. The molecule has 1 saturated carbocycles. The van der Waals surface area contributed by atoms with E-state index in [4.69, 9.17) is 5.11 Å². The van der Waals surface area contributed by atoms with Crippen LogP contribution in [0.5, 0.6) is 0 Å². The van der Waals surface area contributed by atoms with Crippen molar-refractivity contribution in [1.82, 2.24) is 0 Å². The Morgan fingerprint density at radius 2 is 2.00 bits per heavy atom. The predicted octanol–water partition coefficient (Wildman–Crippen LogP) is 2.84. The third-order valence-corrected chi connectivity index (χ3v) is 2.77. The molecule has 1 fully saturated rings. The van der Waals surface area contributed by atoms with Crippen LogP contribution in [0.4, 0.5) is 0 Å². The molecule has 0 aromatic carbocycles. The zero-order chi connectivity index (χ0) is 9.68. The smallest absolute Gasteiger partial charge is 0.306 e. The number of carboxylic acid groups (broad SMARTS) is 1. The molecule has 1 aliphatic carbocycles. The molecule has 1 N–H and O–H groups in total. The van der Waals surface area contributed by atoms with Crippen LogP contribution < -0.4 is 0 Å². The predicted molar refractivity (Wildman–Crippen MR) is 52.5 cm³/mol. The molecule has 0 amide bonds. The summed E-state index contributed by atoms with van der Waals surface area (Å²) in [5, 5.41) is 8.78. The van der Waals surface area contributed by atoms with Gasteiger partial charge in [0.2, 0.25) is 0 Å². The highest BCUT2D eigenvalue weighted by Gasteiger charge is 2.24. The van der Waals surface area contributed by atoms with E-state index in [-0.39, 0.29) is 5.92 Å². The number of hydrogen-bond acceptors (Lipinski definition) is 1. The van der Waals surface area contributed by atoms with Gasteiger partial charge in [-0.3, -0.25) is 4.79 Å². The van der Waals surface area contributed by atoms with E-state index in [2.05, 4.69) is 19.1 Å². The molecule has 1 rings (SSSR count). The molecule has 2 nitrogen and oxygen atoms in total. The lowest BCUT2D eigenvalue weighted by atomic mass is 9.82. The number of aliphatic carboxylic acids is 1. The van der Waals surface area contributed by atoms with Gasteiger partial charge < -0.3 is 5.11 Å². The zero-order valence-corrected chi connectivity index (χ0v) is 8.20. The van der Waals surface area contributed by atoms with Crippen molar-refractivity contribution in [1.29, 1.82) is 0 Å². The number of carboxylic acids is 1. The zero-order valence-electron chi connectivity index (χ0n) is 8.20. The Hall–Kier alpha value is -0.790. The van der Waals surface area contributed by atoms with Gasteiger partial charge >= 0.3 is 5.97 Å². The quantitative estimate of drug-likeness (QED) is 0.681. The number of rotatable bonds is 3. The second-order valence-electron chi connectivity index (χ2n) is 3.79. The minimum atomic E-state index is -0.613. The first-order valence-electron chi connectivity index (χ1n) is 5.13. The van der Waals surface area contributed by atoms with Crippen LogP contribution in [0, 0.1) is 11.8 Å². The second kappa shape index (κ2) is 5.05. The SMILES string of the molecule is CCC=C[C@H]1CC[C@H](C(=O)O)CC1. The summed E-state index contributed by atoms with van der Waals surface area (Å²) >= 11 is 0. The largest absolute Gasteiger partial charge is 0.481 e. The fourth-order valence-electron chi connectivity index (χ4n) is 1.89. The summed E-state index contributed by atoms with van der Waals surface area (Å²) in [5.41, 5.74) is 0. The first kappa shape index (κ1) is 10.3. The van der Waals surface area contributed by atoms with Crippen LogP contribution in [-0.4, -0.2) is 11.1 Å². The Kier molecular flexibility index (Phi) is 4.00. The maximum Gasteiger partial charge on any atom is 0.306 e. The second-order valence-corrected chi connectivity index (χ2v) is 3.79. The van der Waals surface area contributed by atoms with Crippen molar-refractivity contribution in [2.75, 3.05) is 0 Å². The molecule has 0 atom stereocenters. The monoisotopic (exact) mass is 182 g/mol. The first-order chi connectivity index (χ1) is 6.24. The number of carbonyl (C=O) groups is 1. The highest BCUT2D eigenvalue weighted by Crippen LogP contribution is 2.29. The van der Waals surface area contributed by atoms with Crippen molar-refractivity contribution in [3.8, 4) is 0 Å². The maximum atomic E-state index is 10.7. The van der Waals surface area contributed by atoms with Gasteiger partial charge in [0.1, 0.15) is 0 Å². The summed E-state index contributed by atoms with van der Waals surface area (Å²) in [7, 11) is 0. The number of hydrogen-bond donors (Lipinski definition) is 1. The average Bonchev–Trinajstić information content (AvgIpc) is 2.15. The van der Waals surface area contributed by atoms with E-state index >= 15 is 0 Å². The van der Waals surface area contributed by atoms with Crippen LogP contribution in [0.3, 0.4) is 0 Å². The van der Waals surface area contributed by atoms with Gasteiger partial charge in [-0.25, -0.2) is 0 Å². The van der Waals surface area contributed by atoms with Crippen LogP contribution in [-0.2, 0) is 4.79 Å². The lowest BCUT2D eigenvalue weighted by molar-refractivity contribution is -0.142. The van der Waals surface area contributed by atoms with Crippen molar-refractivity contribution >= 4 is 5.97 Å². The first-order valence-corrected chi connectivity index (χ1v) is 5.13. The van der Waals surface area contributed by atoms with Gasteiger partial charge in [-0.2, -0.15) is 0 Å². The van der Waals surface area contributed by atoms with E-state index < -0.39 is 5.97 Å². The van der Waals surface area contributed by atoms with Crippen molar-refractivity contribution in [2.24, 2.45) is 11.8 Å². The fraction of sp³-hybridized carbons (Fsp3) is 0.727. The van der Waals surface area contributed by atoms with Gasteiger partial charge in [0, 0.05) is 0 Å². The molecule has 0 spiro atoms. The minimum Gasteiger partial charge on any atom is -0.481 e. The fourth-order valence-corrected chi connectivity index (χ4v) is 1.89. The molecule has 0 aromatic rings. The highest BCUT2D eigenvalue weighted by atomic mass is 16.4. The molecule has 13 heavy (non-hydrogen) atoms. The Bertz CT molecular complexity index is 188. The van der Waals surface area contributed by atoms with E-state index in [1.165, 1.54) is 0 Å². The molecule has 0 radical (unpaired) electrons. The highest BCUT2D eigenvalue weighted by molar-refractivity contribution is 5.70. The van der Waals surface area contributed by atoms with E-state index in [1.54, 1.807) is 0 Å². The lowest BCUT2D eigenvalue weighted by Gasteiger charge is -2.23. The van der Waals surface area contributed by atoms with Gasteiger partial charge in [0.25, 0.3) is 0 Å². The summed E-state index contributed by atoms with van der Waals surface area (Å²) in [5.74, 6) is -0.0558. The molecule has 0 unspecified atom stereocenters. The number of allylic oxidation sites excluding steroid dienone is 2. The molecular weight excluding hydrogens is 164 g/mol. The summed E-state index contributed by atoms with van der Waals surface area (Å²) in [4.78, 5) is 10.7. The molecule has 0 aliphatic heterocycles. The van der Waals surface area contributed by atoms with Crippen molar-refractivity contribution < 1.29 is 9.90 Å². The van der Waals surface area contributed by atoms with Gasteiger partial charge in [-0.1, -0.05) is 19.1 Å². The van der Waals surface area contributed by atoms with Gasteiger partial charge in [-0.05, 0) is 38.0 Å². The third-order valence-electron chi connectivity index (χ3n) is 2.77. The maximum absolute atomic E-state index is 10.7. The third kappa shape index (κ3) is 3.21.